The highest BCUT2D eigenvalue weighted by Gasteiger charge is 2.30. The van der Waals surface area contributed by atoms with Gasteiger partial charge >= 0.3 is 11.8 Å². The van der Waals surface area contributed by atoms with Gasteiger partial charge < -0.3 is 32.7 Å². The van der Waals surface area contributed by atoms with Crippen molar-refractivity contribution in [3.8, 4) is 0 Å². The number of carbonyl (C=O) groups is 6. The van der Waals surface area contributed by atoms with Crippen molar-refractivity contribution in [1.29, 1.82) is 0 Å². The quantitative estimate of drug-likeness (QED) is 0.320. The van der Waals surface area contributed by atoms with E-state index in [1.54, 1.807) is 0 Å². The maximum absolute atomic E-state index is 11.9. The molecule has 0 aliphatic carbocycles. The van der Waals surface area contributed by atoms with E-state index in [1.807, 2.05) is 0 Å². The van der Waals surface area contributed by atoms with Crippen molar-refractivity contribution in [2.75, 3.05) is 26.2 Å². The molecule has 0 bridgehead atoms. The van der Waals surface area contributed by atoms with Crippen LogP contribution in [0.4, 0.5) is 0 Å². The molecule has 22 heavy (non-hydrogen) atoms. The molecule has 0 saturated carbocycles. The molecule has 8 N–H and O–H groups in total. The van der Waals surface area contributed by atoms with Gasteiger partial charge in [-0.25, -0.2) is 0 Å². The smallest absolute Gasteiger partial charge is 0.313 e. The van der Waals surface area contributed by atoms with E-state index >= 15 is 0 Å². The Hall–Kier alpha value is -3.18. The lowest BCUT2D eigenvalue weighted by Gasteiger charge is -2.23. The van der Waals surface area contributed by atoms with Crippen molar-refractivity contribution in [3.05, 3.63) is 0 Å². The second kappa shape index (κ2) is 8.18. The van der Waals surface area contributed by atoms with Gasteiger partial charge in [0.15, 0.2) is 0 Å². The van der Waals surface area contributed by atoms with Crippen LogP contribution in [0.15, 0.2) is 0 Å². The molecule has 12 nitrogen and oxygen atoms in total. The zero-order valence-corrected chi connectivity index (χ0v) is 11.5. The van der Waals surface area contributed by atoms with Gasteiger partial charge in [0.05, 0.1) is 0 Å². The van der Waals surface area contributed by atoms with E-state index in [1.165, 1.54) is 0 Å². The molecule has 0 spiro atoms. The predicted octanol–water partition coefficient (Wildman–Crippen LogP) is -5.42. The fourth-order valence-corrected chi connectivity index (χ4v) is 1.42. The highest BCUT2D eigenvalue weighted by molar-refractivity contribution is 6.36. The predicted molar refractivity (Wildman–Crippen MR) is 69.9 cm³/mol. The number of carbonyl (C=O) groups excluding carboxylic acids is 6. The normalized spacial score (nSPS) is 9.64. The SMILES string of the molecule is NC(=O)CN(CC(N)=O)C(=O)C(=O)N(CC(N)=O)CC(N)=O. The first-order valence-corrected chi connectivity index (χ1v) is 5.76. The minimum Gasteiger partial charge on any atom is -0.368 e. The average Bonchev–Trinajstić information content (AvgIpc) is 2.33. The third-order valence-electron chi connectivity index (χ3n) is 2.14. The van der Waals surface area contributed by atoms with E-state index in [0.717, 1.165) is 0 Å². The second-order valence-electron chi connectivity index (χ2n) is 4.19. The first-order valence-electron chi connectivity index (χ1n) is 5.76. The van der Waals surface area contributed by atoms with E-state index in [4.69, 9.17) is 22.9 Å². The molecule has 0 aromatic rings. The number of rotatable bonds is 8. The van der Waals surface area contributed by atoms with Crippen LogP contribution in [0.1, 0.15) is 0 Å². The van der Waals surface area contributed by atoms with Crippen LogP contribution in [0.25, 0.3) is 0 Å². The highest BCUT2D eigenvalue weighted by atomic mass is 16.2. The Morgan fingerprint density at radius 1 is 0.500 bits per heavy atom. The Labute approximate surface area is 124 Å². The van der Waals surface area contributed by atoms with E-state index in [0.29, 0.717) is 9.80 Å². The maximum atomic E-state index is 11.9. The van der Waals surface area contributed by atoms with Crippen LogP contribution in [0, 0.1) is 0 Å². The van der Waals surface area contributed by atoms with Crippen LogP contribution in [-0.2, 0) is 28.8 Å². The summed E-state index contributed by atoms with van der Waals surface area (Å²) in [5.41, 5.74) is 19.5. The molecular formula is C10H16N6O6. The number of nitrogens with two attached hydrogens (primary N) is 4. The molecule has 0 radical (unpaired) electrons. The molecule has 0 heterocycles. The monoisotopic (exact) mass is 316 g/mol. The van der Waals surface area contributed by atoms with Crippen LogP contribution < -0.4 is 22.9 Å². The van der Waals surface area contributed by atoms with E-state index in [9.17, 15) is 28.8 Å². The Kier molecular flexibility index (Phi) is 7.00. The molecule has 0 fully saturated rings. The lowest BCUT2D eigenvalue weighted by molar-refractivity contribution is -0.154. The summed E-state index contributed by atoms with van der Waals surface area (Å²) in [6, 6.07) is 0. The Balaban J connectivity index is 5.23. The molecule has 122 valence electrons. The van der Waals surface area contributed by atoms with Gasteiger partial charge in [0, 0.05) is 0 Å². The van der Waals surface area contributed by atoms with Gasteiger partial charge in [-0.1, -0.05) is 0 Å². The summed E-state index contributed by atoms with van der Waals surface area (Å²) in [4.78, 5) is 68.2. The van der Waals surface area contributed by atoms with Crippen LogP contribution >= 0.6 is 0 Å². The Morgan fingerprint density at radius 2 is 0.682 bits per heavy atom. The summed E-state index contributed by atoms with van der Waals surface area (Å²) in [6.07, 6.45) is 0. The van der Waals surface area contributed by atoms with Crippen molar-refractivity contribution in [2.45, 2.75) is 0 Å². The fourth-order valence-electron chi connectivity index (χ4n) is 1.42. The summed E-state index contributed by atoms with van der Waals surface area (Å²) >= 11 is 0. The average molecular weight is 316 g/mol. The first-order chi connectivity index (χ1) is 10.0. The van der Waals surface area contributed by atoms with Crippen molar-refractivity contribution in [2.24, 2.45) is 22.9 Å². The molecule has 0 saturated heterocycles. The molecule has 0 unspecified atom stereocenters. The largest absolute Gasteiger partial charge is 0.368 e. The Morgan fingerprint density at radius 3 is 0.818 bits per heavy atom. The summed E-state index contributed by atoms with van der Waals surface area (Å²) in [5, 5.41) is 0. The molecule has 0 atom stereocenters. The molecule has 0 aliphatic heterocycles. The van der Waals surface area contributed by atoms with Crippen LogP contribution in [0.2, 0.25) is 0 Å². The minimum absolute atomic E-state index is 0.474. The van der Waals surface area contributed by atoms with Gasteiger partial charge in [-0.3, -0.25) is 28.8 Å². The van der Waals surface area contributed by atoms with E-state index in [2.05, 4.69) is 0 Å². The fraction of sp³-hybridized carbons (Fsp3) is 0.400. The number of amides is 6. The molecule has 0 aromatic heterocycles. The number of hydrogen-bond acceptors (Lipinski definition) is 6. The van der Waals surface area contributed by atoms with Gasteiger partial charge in [0.2, 0.25) is 23.6 Å². The van der Waals surface area contributed by atoms with Crippen LogP contribution in [-0.4, -0.2) is 71.4 Å². The zero-order chi connectivity index (χ0) is 17.4. The molecule has 0 aromatic carbocycles. The topological polar surface area (TPSA) is 213 Å². The first kappa shape index (κ1) is 18.8. The summed E-state index contributed by atoms with van der Waals surface area (Å²) in [5.74, 6) is -6.73. The number of primary amides is 4. The Bertz CT molecular complexity index is 440. The second-order valence-corrected chi connectivity index (χ2v) is 4.19. The van der Waals surface area contributed by atoms with Gasteiger partial charge in [0.25, 0.3) is 0 Å². The number of nitrogens with zero attached hydrogens (tertiary/aromatic N) is 2. The molecular weight excluding hydrogens is 300 g/mol. The summed E-state index contributed by atoms with van der Waals surface area (Å²) < 4.78 is 0. The van der Waals surface area contributed by atoms with E-state index in [-0.39, 0.29) is 0 Å². The highest BCUT2D eigenvalue weighted by Crippen LogP contribution is 1.97. The van der Waals surface area contributed by atoms with Crippen molar-refractivity contribution < 1.29 is 28.8 Å². The van der Waals surface area contributed by atoms with Gasteiger partial charge in [-0.2, -0.15) is 0 Å². The molecule has 6 amide bonds. The lowest BCUT2D eigenvalue weighted by atomic mass is 10.3. The van der Waals surface area contributed by atoms with Crippen LogP contribution in [0.3, 0.4) is 0 Å². The van der Waals surface area contributed by atoms with Crippen molar-refractivity contribution >= 4 is 35.4 Å². The van der Waals surface area contributed by atoms with Crippen LogP contribution in [0.5, 0.6) is 0 Å². The van der Waals surface area contributed by atoms with Gasteiger partial charge in [-0.15, -0.1) is 0 Å². The maximum Gasteiger partial charge on any atom is 0.313 e. The van der Waals surface area contributed by atoms with Crippen molar-refractivity contribution in [1.82, 2.24) is 9.80 Å². The van der Waals surface area contributed by atoms with Gasteiger partial charge in [0.1, 0.15) is 26.2 Å². The summed E-state index contributed by atoms with van der Waals surface area (Å²) in [7, 11) is 0. The van der Waals surface area contributed by atoms with E-state index < -0.39 is 61.6 Å². The molecule has 12 heteroatoms. The van der Waals surface area contributed by atoms with Crippen molar-refractivity contribution in [3.63, 3.8) is 0 Å². The number of hydrogen-bond donors (Lipinski definition) is 4. The minimum atomic E-state index is -1.36. The third-order valence-corrected chi connectivity index (χ3v) is 2.14. The summed E-state index contributed by atoms with van der Waals surface area (Å²) in [6.45, 7) is -3.02. The third kappa shape index (κ3) is 6.83. The standard InChI is InChI=1S/C10H16N6O6/c11-5(17)1-15(2-6(12)18)9(21)10(22)16(3-7(13)19)4-8(14)20/h1-4H2,(H2,11,17)(H2,12,18)(H2,13,19)(H2,14,20). The molecule has 0 aliphatic rings. The molecule has 0 rings (SSSR count). The lowest BCUT2D eigenvalue weighted by Crippen LogP contribution is -2.53. The zero-order valence-electron chi connectivity index (χ0n) is 11.5. The van der Waals surface area contributed by atoms with Gasteiger partial charge in [-0.05, 0) is 0 Å².